The van der Waals surface area contributed by atoms with Gasteiger partial charge in [0.05, 0.1) is 53.3 Å². The Labute approximate surface area is 400 Å². The van der Waals surface area contributed by atoms with E-state index in [1.807, 2.05) is 4.90 Å². The number of methoxy groups -OCH3 is 2. The topological polar surface area (TPSA) is 196 Å². The molecule has 7 rings (SSSR count). The molecule has 67 heavy (non-hydrogen) atoms. The predicted octanol–water partition coefficient (Wildman–Crippen LogP) is 8.00. The van der Waals surface area contributed by atoms with Gasteiger partial charge in [-0.3, -0.25) is 39.2 Å². The molecule has 1 unspecified atom stereocenters. The fourth-order valence-corrected chi connectivity index (χ4v) is 9.33. The van der Waals surface area contributed by atoms with E-state index in [2.05, 4.69) is 31.9 Å². The second-order valence-electron chi connectivity index (χ2n) is 16.9. The Morgan fingerprint density at radius 1 is 0.866 bits per heavy atom. The Morgan fingerprint density at radius 2 is 1.60 bits per heavy atom. The number of nitrogens with one attached hydrogen (secondary N) is 3. The maximum atomic E-state index is 13.1. The van der Waals surface area contributed by atoms with Crippen LogP contribution in [0.2, 0.25) is 10.0 Å². The highest BCUT2D eigenvalue weighted by Gasteiger charge is 2.40. The number of piperazine rings is 1. The van der Waals surface area contributed by atoms with Crippen molar-refractivity contribution >= 4 is 80.7 Å². The van der Waals surface area contributed by atoms with E-state index >= 15 is 0 Å². The summed E-state index contributed by atoms with van der Waals surface area (Å²) in [7, 11) is 3.07. The van der Waals surface area contributed by atoms with Crippen LogP contribution in [0.3, 0.4) is 0 Å². The molecular formula is C49H56Cl2N8O8. The van der Waals surface area contributed by atoms with Crippen LogP contribution in [0.1, 0.15) is 98.5 Å². The summed E-state index contributed by atoms with van der Waals surface area (Å²) in [5, 5.41) is 19.8. The first-order valence-corrected chi connectivity index (χ1v) is 23.6. The highest BCUT2D eigenvalue weighted by atomic mass is 35.5. The molecule has 0 radical (unpaired) electrons. The number of aromatic nitrogens is 1. The van der Waals surface area contributed by atoms with Gasteiger partial charge in [-0.05, 0) is 49.9 Å². The van der Waals surface area contributed by atoms with Gasteiger partial charge in [0.25, 0.3) is 5.91 Å². The van der Waals surface area contributed by atoms with Gasteiger partial charge in [-0.2, -0.15) is 5.26 Å². The number of amides is 5. The predicted molar refractivity (Wildman–Crippen MR) is 255 cm³/mol. The summed E-state index contributed by atoms with van der Waals surface area (Å²) in [4.78, 5) is 73.2. The van der Waals surface area contributed by atoms with Gasteiger partial charge in [0, 0.05) is 99.1 Å². The minimum Gasteiger partial charge on any atom is -0.495 e. The molecule has 354 valence electrons. The number of piperidine rings is 1. The standard InChI is InChI=1S/C49H56Cl2N8O8/c1-65-41-27-39(35(50)25-36(41)51)55-47-31(28-52)29-53-38-26-43(42(66-2)24-33(38)47)67-23-11-18-57-19-21-58(22-20-57)46(62)15-9-7-5-3-4-6-8-14-44(60)54-37-13-10-12-32-34(37)30-59(49(32)64)40-16-17-45(61)56-48(40)63/h10,12-13,24-27,29,40H,3-9,11,14-23,30H2,1-2H3,(H,53,55)(H,54,60)(H,56,61,63). The molecule has 4 heterocycles. The van der Waals surface area contributed by atoms with Crippen LogP contribution in [0, 0.1) is 11.3 Å². The van der Waals surface area contributed by atoms with E-state index in [4.69, 9.17) is 37.4 Å². The molecule has 3 aliphatic heterocycles. The van der Waals surface area contributed by atoms with Gasteiger partial charge in [-0.15, -0.1) is 0 Å². The number of pyridine rings is 1. The number of carbonyl (C=O) groups excluding carboxylic acids is 5. The third-order valence-corrected chi connectivity index (χ3v) is 13.1. The first-order valence-electron chi connectivity index (χ1n) is 22.9. The van der Waals surface area contributed by atoms with Crippen molar-refractivity contribution in [3.63, 3.8) is 0 Å². The van der Waals surface area contributed by atoms with Gasteiger partial charge in [0.2, 0.25) is 23.6 Å². The van der Waals surface area contributed by atoms with Crippen molar-refractivity contribution in [3.05, 3.63) is 75.4 Å². The first-order chi connectivity index (χ1) is 32.5. The number of nitrogens with zero attached hydrogens (tertiary/aromatic N) is 5. The fourth-order valence-electron chi connectivity index (χ4n) is 8.82. The Hall–Kier alpha value is -6.15. The fraction of sp³-hybridized carbons (Fsp3) is 0.449. The molecule has 4 aromatic rings. The Balaban J connectivity index is 0.749. The normalized spacial score (nSPS) is 16.1. The lowest BCUT2D eigenvalue weighted by Crippen LogP contribution is -2.52. The van der Waals surface area contributed by atoms with Crippen LogP contribution >= 0.6 is 23.2 Å². The van der Waals surface area contributed by atoms with Crippen LogP contribution in [-0.2, 0) is 25.7 Å². The third-order valence-electron chi connectivity index (χ3n) is 12.5. The van der Waals surface area contributed by atoms with E-state index in [1.165, 1.54) is 18.2 Å². The van der Waals surface area contributed by atoms with Crippen molar-refractivity contribution in [3.8, 4) is 23.3 Å². The molecule has 0 saturated carbocycles. The molecule has 1 atom stereocenters. The van der Waals surface area contributed by atoms with E-state index in [0.717, 1.165) is 71.0 Å². The monoisotopic (exact) mass is 954 g/mol. The molecule has 18 heteroatoms. The Morgan fingerprint density at radius 3 is 2.31 bits per heavy atom. The largest absolute Gasteiger partial charge is 0.495 e. The molecule has 16 nitrogen and oxygen atoms in total. The zero-order valence-electron chi connectivity index (χ0n) is 37.9. The minimum atomic E-state index is -0.707. The van der Waals surface area contributed by atoms with E-state index in [-0.39, 0.29) is 43.0 Å². The number of imide groups is 1. The summed E-state index contributed by atoms with van der Waals surface area (Å²) >= 11 is 12.7. The van der Waals surface area contributed by atoms with Crippen LogP contribution in [0.4, 0.5) is 17.1 Å². The molecular weight excluding hydrogens is 899 g/mol. The van der Waals surface area contributed by atoms with Crippen molar-refractivity contribution in [1.82, 2.24) is 25.0 Å². The molecule has 0 aliphatic carbocycles. The lowest BCUT2D eigenvalue weighted by Gasteiger charge is -2.34. The zero-order chi connectivity index (χ0) is 47.5. The summed E-state index contributed by atoms with van der Waals surface area (Å²) in [6.07, 6.45) is 10.3. The van der Waals surface area contributed by atoms with Crippen molar-refractivity contribution in [2.75, 3.05) is 64.2 Å². The number of fused-ring (bicyclic) bond motifs is 2. The van der Waals surface area contributed by atoms with E-state index in [1.54, 1.807) is 49.6 Å². The van der Waals surface area contributed by atoms with Crippen molar-refractivity contribution in [2.24, 2.45) is 0 Å². The third kappa shape index (κ3) is 12.1. The lowest BCUT2D eigenvalue weighted by atomic mass is 10.0. The van der Waals surface area contributed by atoms with Gasteiger partial charge in [-0.25, -0.2) is 0 Å². The quantitative estimate of drug-likeness (QED) is 0.0539. The number of benzene rings is 3. The molecule has 5 amide bonds. The smallest absolute Gasteiger partial charge is 0.255 e. The van der Waals surface area contributed by atoms with Crippen LogP contribution in [0.15, 0.2) is 48.7 Å². The molecule has 1 aromatic heterocycles. The van der Waals surface area contributed by atoms with Gasteiger partial charge in [0.1, 0.15) is 17.9 Å². The van der Waals surface area contributed by atoms with Gasteiger partial charge in [-0.1, -0.05) is 61.4 Å². The number of carbonyl (C=O) groups is 5. The molecule has 0 spiro atoms. The average Bonchev–Trinajstić information content (AvgIpc) is 3.66. The maximum absolute atomic E-state index is 13.1. The molecule has 3 aromatic carbocycles. The van der Waals surface area contributed by atoms with Crippen molar-refractivity contribution in [1.29, 1.82) is 5.26 Å². The molecule has 2 fully saturated rings. The van der Waals surface area contributed by atoms with Crippen LogP contribution in [0.5, 0.6) is 17.2 Å². The van der Waals surface area contributed by atoms with Gasteiger partial charge >= 0.3 is 0 Å². The SMILES string of the molecule is COc1cc(Nc2c(C#N)cnc3cc(OCCCN4CCN(C(=O)CCCCCCCCCC(=O)Nc5cccc6c5CN(C5CCC(=O)NC5=O)C6=O)CC4)c(OC)cc23)c(Cl)cc1Cl. The van der Waals surface area contributed by atoms with Gasteiger partial charge < -0.3 is 34.6 Å². The van der Waals surface area contributed by atoms with Crippen LogP contribution in [-0.4, -0.2) is 109 Å². The highest BCUT2D eigenvalue weighted by molar-refractivity contribution is 6.37. The lowest BCUT2D eigenvalue weighted by molar-refractivity contribution is -0.137. The van der Waals surface area contributed by atoms with Crippen molar-refractivity contribution < 1.29 is 38.2 Å². The molecule has 3 N–H and O–H groups in total. The molecule has 0 bridgehead atoms. The number of hydrogen-bond donors (Lipinski definition) is 3. The zero-order valence-corrected chi connectivity index (χ0v) is 39.4. The number of rotatable bonds is 21. The number of anilines is 3. The van der Waals surface area contributed by atoms with Crippen LogP contribution in [0.25, 0.3) is 10.9 Å². The Bertz CT molecular complexity index is 2540. The number of nitriles is 1. The summed E-state index contributed by atoms with van der Waals surface area (Å²) < 4.78 is 17.2. The van der Waals surface area contributed by atoms with E-state index in [9.17, 15) is 29.2 Å². The number of halogens is 2. The highest BCUT2D eigenvalue weighted by Crippen LogP contribution is 2.41. The summed E-state index contributed by atoms with van der Waals surface area (Å²) in [5.74, 6) is 0.490. The maximum Gasteiger partial charge on any atom is 0.255 e. The molecule has 2 saturated heterocycles. The summed E-state index contributed by atoms with van der Waals surface area (Å²) in [6.45, 7) is 4.52. The van der Waals surface area contributed by atoms with Crippen LogP contribution < -0.4 is 30.2 Å². The van der Waals surface area contributed by atoms with Crippen molar-refractivity contribution in [2.45, 2.75) is 89.6 Å². The summed E-state index contributed by atoms with van der Waals surface area (Å²) in [6, 6.07) is 13.5. The first kappa shape index (κ1) is 48.8. The molecule has 3 aliphatic rings. The Kier molecular flexibility index (Phi) is 16.8. The summed E-state index contributed by atoms with van der Waals surface area (Å²) in [5.41, 5.74) is 3.67. The second kappa shape index (κ2) is 23.0. The number of ether oxygens (including phenoxy) is 3. The van der Waals surface area contributed by atoms with E-state index in [0.29, 0.717) is 104 Å². The van der Waals surface area contributed by atoms with Gasteiger partial charge in [0.15, 0.2) is 11.5 Å². The van der Waals surface area contributed by atoms with E-state index < -0.39 is 11.9 Å². The minimum absolute atomic E-state index is 0.114. The second-order valence-corrected chi connectivity index (χ2v) is 17.8. The number of unbranched alkanes of at least 4 members (excludes halogenated alkanes) is 6. The average molecular weight is 956 g/mol. The number of hydrogen-bond acceptors (Lipinski definition) is 12.